The number of likely N-dealkylation sites (N-methyl/N-ethyl adjacent to an activating group) is 1. The smallest absolute Gasteiger partial charge is 0.177 e. The fraction of sp³-hybridized carbons (Fsp3) is 0.727. The maximum atomic E-state index is 9.22. The van der Waals surface area contributed by atoms with Crippen LogP contribution in [0.3, 0.4) is 0 Å². The van der Waals surface area contributed by atoms with E-state index in [-0.39, 0.29) is 12.7 Å². The van der Waals surface area contributed by atoms with Gasteiger partial charge in [-0.05, 0) is 18.8 Å². The average molecular weight is 257 g/mol. The van der Waals surface area contributed by atoms with Crippen molar-refractivity contribution in [2.45, 2.75) is 26.2 Å². The van der Waals surface area contributed by atoms with Gasteiger partial charge in [0.25, 0.3) is 0 Å². The SMILES string of the molecule is CCN1CCOC(Cn2c(CO)c[nH]c2=S)C1. The Morgan fingerprint density at radius 1 is 1.65 bits per heavy atom. The number of rotatable bonds is 4. The van der Waals surface area contributed by atoms with Gasteiger partial charge in [0, 0.05) is 19.3 Å². The number of hydrogen-bond donors (Lipinski definition) is 2. The van der Waals surface area contributed by atoms with Crippen molar-refractivity contribution in [3.05, 3.63) is 16.7 Å². The highest BCUT2D eigenvalue weighted by Gasteiger charge is 2.20. The molecule has 1 aromatic heterocycles. The van der Waals surface area contributed by atoms with Crippen LogP contribution >= 0.6 is 12.2 Å². The lowest BCUT2D eigenvalue weighted by molar-refractivity contribution is -0.0350. The summed E-state index contributed by atoms with van der Waals surface area (Å²) in [5.41, 5.74) is 0.812. The van der Waals surface area contributed by atoms with Crippen molar-refractivity contribution >= 4 is 12.2 Å². The van der Waals surface area contributed by atoms with E-state index in [1.54, 1.807) is 6.20 Å². The summed E-state index contributed by atoms with van der Waals surface area (Å²) >= 11 is 5.19. The molecule has 1 aliphatic rings. The molecule has 2 N–H and O–H groups in total. The summed E-state index contributed by atoms with van der Waals surface area (Å²) in [4.78, 5) is 5.32. The number of aromatic amines is 1. The number of hydrogen-bond acceptors (Lipinski definition) is 4. The Kier molecular flexibility index (Phi) is 4.33. The van der Waals surface area contributed by atoms with Crippen LogP contribution in [0.4, 0.5) is 0 Å². The number of nitrogens with one attached hydrogen (secondary N) is 1. The highest BCUT2D eigenvalue weighted by molar-refractivity contribution is 7.71. The van der Waals surface area contributed by atoms with Crippen molar-refractivity contribution < 1.29 is 9.84 Å². The second-order valence-electron chi connectivity index (χ2n) is 4.24. The first-order valence-electron chi connectivity index (χ1n) is 5.96. The molecule has 5 nitrogen and oxygen atoms in total. The predicted molar refractivity (Wildman–Crippen MR) is 67.4 cm³/mol. The van der Waals surface area contributed by atoms with E-state index in [9.17, 15) is 5.11 Å². The van der Waals surface area contributed by atoms with Crippen LogP contribution in [0.1, 0.15) is 12.6 Å². The van der Waals surface area contributed by atoms with Crippen LogP contribution in [0.25, 0.3) is 0 Å². The van der Waals surface area contributed by atoms with Gasteiger partial charge in [-0.1, -0.05) is 6.92 Å². The molecule has 1 aliphatic heterocycles. The summed E-state index contributed by atoms with van der Waals surface area (Å²) in [6.07, 6.45) is 1.90. The van der Waals surface area contributed by atoms with Gasteiger partial charge in [0.2, 0.25) is 0 Å². The van der Waals surface area contributed by atoms with Crippen LogP contribution in [-0.4, -0.2) is 51.9 Å². The fourth-order valence-corrected chi connectivity index (χ4v) is 2.39. The summed E-state index contributed by atoms with van der Waals surface area (Å²) in [5, 5.41) is 9.22. The molecule has 0 aliphatic carbocycles. The topological polar surface area (TPSA) is 53.4 Å². The van der Waals surface area contributed by atoms with Gasteiger partial charge in [0.05, 0.1) is 31.6 Å². The lowest BCUT2D eigenvalue weighted by atomic mass is 10.2. The zero-order valence-electron chi connectivity index (χ0n) is 10.1. The van der Waals surface area contributed by atoms with Gasteiger partial charge in [0.15, 0.2) is 4.77 Å². The predicted octanol–water partition coefficient (Wildman–Crippen LogP) is 0.759. The molecular formula is C11H19N3O2S. The molecule has 6 heteroatoms. The Morgan fingerprint density at radius 2 is 2.47 bits per heavy atom. The number of morpholine rings is 1. The summed E-state index contributed by atoms with van der Waals surface area (Å²) in [5.74, 6) is 0. The summed E-state index contributed by atoms with van der Waals surface area (Å²) < 4.78 is 8.29. The minimum atomic E-state index is -0.00263. The molecule has 2 heterocycles. The highest BCUT2D eigenvalue weighted by atomic mass is 32.1. The number of aromatic nitrogens is 2. The van der Waals surface area contributed by atoms with E-state index in [1.165, 1.54) is 0 Å². The number of aliphatic hydroxyl groups is 1. The van der Waals surface area contributed by atoms with Gasteiger partial charge >= 0.3 is 0 Å². The first-order valence-corrected chi connectivity index (χ1v) is 6.37. The molecule has 2 rings (SSSR count). The molecule has 0 amide bonds. The molecule has 0 saturated carbocycles. The molecule has 0 bridgehead atoms. The normalized spacial score (nSPS) is 21.9. The van der Waals surface area contributed by atoms with Crippen LogP contribution in [0.2, 0.25) is 0 Å². The molecule has 1 fully saturated rings. The third-order valence-corrected chi connectivity index (χ3v) is 3.51. The van der Waals surface area contributed by atoms with Crippen LogP contribution in [0, 0.1) is 4.77 Å². The molecular weight excluding hydrogens is 238 g/mol. The number of imidazole rings is 1. The van der Waals surface area contributed by atoms with Gasteiger partial charge in [-0.2, -0.15) is 0 Å². The van der Waals surface area contributed by atoms with E-state index in [1.807, 2.05) is 4.57 Å². The molecule has 1 atom stereocenters. The number of H-pyrrole nitrogens is 1. The second kappa shape index (κ2) is 5.77. The van der Waals surface area contributed by atoms with Crippen LogP contribution in [-0.2, 0) is 17.9 Å². The maximum absolute atomic E-state index is 9.22. The standard InChI is InChI=1S/C11H19N3O2S/c1-2-13-3-4-16-10(6-13)7-14-9(8-15)5-12-11(14)17/h5,10,15H,2-4,6-8H2,1H3,(H,12,17). The Hall–Kier alpha value is -0.690. The van der Waals surface area contributed by atoms with Crippen LogP contribution in [0.15, 0.2) is 6.20 Å². The van der Waals surface area contributed by atoms with Gasteiger partial charge in [0.1, 0.15) is 0 Å². The largest absolute Gasteiger partial charge is 0.390 e. The van der Waals surface area contributed by atoms with E-state index >= 15 is 0 Å². The van der Waals surface area contributed by atoms with Crippen molar-refractivity contribution in [3.8, 4) is 0 Å². The molecule has 1 saturated heterocycles. The summed E-state index contributed by atoms with van der Waals surface area (Å²) in [6.45, 7) is 6.60. The Balaban J connectivity index is 2.04. The van der Waals surface area contributed by atoms with E-state index in [0.717, 1.165) is 31.9 Å². The molecule has 0 aromatic carbocycles. The molecule has 0 radical (unpaired) electrons. The Morgan fingerprint density at radius 3 is 3.18 bits per heavy atom. The van der Waals surface area contributed by atoms with Crippen molar-refractivity contribution in [2.24, 2.45) is 0 Å². The van der Waals surface area contributed by atoms with E-state index in [0.29, 0.717) is 11.3 Å². The van der Waals surface area contributed by atoms with E-state index < -0.39 is 0 Å². The Bertz CT molecular complexity index is 415. The number of ether oxygens (including phenoxy) is 1. The van der Waals surface area contributed by atoms with Gasteiger partial charge in [-0.15, -0.1) is 0 Å². The van der Waals surface area contributed by atoms with Gasteiger partial charge in [-0.25, -0.2) is 0 Å². The second-order valence-corrected chi connectivity index (χ2v) is 4.63. The number of nitrogens with zero attached hydrogens (tertiary/aromatic N) is 2. The van der Waals surface area contributed by atoms with Crippen LogP contribution in [0.5, 0.6) is 0 Å². The summed E-state index contributed by atoms with van der Waals surface area (Å²) in [6, 6.07) is 0. The fourth-order valence-electron chi connectivity index (χ4n) is 2.14. The van der Waals surface area contributed by atoms with Crippen molar-refractivity contribution in [3.63, 3.8) is 0 Å². The van der Waals surface area contributed by atoms with Crippen molar-refractivity contribution in [1.82, 2.24) is 14.5 Å². The molecule has 96 valence electrons. The molecule has 1 unspecified atom stereocenters. The first-order chi connectivity index (χ1) is 8.24. The van der Waals surface area contributed by atoms with Gasteiger partial charge in [-0.3, -0.25) is 4.90 Å². The minimum absolute atomic E-state index is 0.00263. The van der Waals surface area contributed by atoms with E-state index in [4.69, 9.17) is 17.0 Å². The molecule has 1 aromatic rings. The van der Waals surface area contributed by atoms with E-state index in [2.05, 4.69) is 16.8 Å². The number of aliphatic hydroxyl groups excluding tert-OH is 1. The Labute approximate surface area is 106 Å². The summed E-state index contributed by atoms with van der Waals surface area (Å²) in [7, 11) is 0. The highest BCUT2D eigenvalue weighted by Crippen LogP contribution is 2.10. The van der Waals surface area contributed by atoms with Crippen LogP contribution < -0.4 is 0 Å². The average Bonchev–Trinajstić information content (AvgIpc) is 2.71. The van der Waals surface area contributed by atoms with Gasteiger partial charge < -0.3 is 19.4 Å². The molecule has 0 spiro atoms. The lowest BCUT2D eigenvalue weighted by Crippen LogP contribution is -2.44. The third-order valence-electron chi connectivity index (χ3n) is 3.17. The zero-order valence-corrected chi connectivity index (χ0v) is 10.9. The lowest BCUT2D eigenvalue weighted by Gasteiger charge is -2.32. The van der Waals surface area contributed by atoms with Crippen molar-refractivity contribution in [1.29, 1.82) is 0 Å². The first kappa shape index (κ1) is 12.8. The zero-order chi connectivity index (χ0) is 12.3. The third kappa shape index (κ3) is 2.95. The minimum Gasteiger partial charge on any atom is -0.390 e. The monoisotopic (exact) mass is 257 g/mol. The maximum Gasteiger partial charge on any atom is 0.177 e. The quantitative estimate of drug-likeness (QED) is 0.782. The molecule has 17 heavy (non-hydrogen) atoms. The van der Waals surface area contributed by atoms with Crippen molar-refractivity contribution in [2.75, 3.05) is 26.2 Å².